The minimum atomic E-state index is -0.0556. The van der Waals surface area contributed by atoms with Gasteiger partial charge in [0.05, 0.1) is 17.9 Å². The van der Waals surface area contributed by atoms with Crippen molar-refractivity contribution in [1.82, 2.24) is 14.9 Å². The topological polar surface area (TPSA) is 46.1 Å². The van der Waals surface area contributed by atoms with Crippen LogP contribution >= 0.6 is 11.6 Å². The standard InChI is InChI=1S/C16H16ClN3O/c1-11-9-19-14(10-18-11)16(21)20-8-2-3-15(20)12-4-6-13(17)7-5-12/h4-7,9-10,15H,2-3,8H2,1H3/t15-/m0/s1. The number of carbonyl (C=O) groups excluding carboxylic acids is 1. The van der Waals surface area contributed by atoms with Crippen molar-refractivity contribution in [3.8, 4) is 0 Å². The summed E-state index contributed by atoms with van der Waals surface area (Å²) in [6, 6.07) is 7.80. The van der Waals surface area contributed by atoms with Gasteiger partial charge in [-0.1, -0.05) is 23.7 Å². The summed E-state index contributed by atoms with van der Waals surface area (Å²) >= 11 is 5.93. The molecule has 5 heteroatoms. The molecule has 2 aromatic rings. The van der Waals surface area contributed by atoms with Crippen molar-refractivity contribution in [3.63, 3.8) is 0 Å². The Morgan fingerprint density at radius 3 is 2.67 bits per heavy atom. The van der Waals surface area contributed by atoms with Gasteiger partial charge in [0.25, 0.3) is 5.91 Å². The molecule has 1 aliphatic rings. The molecule has 1 aliphatic heterocycles. The van der Waals surface area contributed by atoms with Crippen molar-refractivity contribution in [2.24, 2.45) is 0 Å². The molecule has 0 N–H and O–H groups in total. The van der Waals surface area contributed by atoms with Crippen molar-refractivity contribution in [2.75, 3.05) is 6.54 Å². The van der Waals surface area contributed by atoms with Crippen molar-refractivity contribution >= 4 is 17.5 Å². The molecule has 1 amide bonds. The molecule has 0 unspecified atom stereocenters. The summed E-state index contributed by atoms with van der Waals surface area (Å²) in [6.07, 6.45) is 5.14. The van der Waals surface area contributed by atoms with Crippen molar-refractivity contribution in [2.45, 2.75) is 25.8 Å². The monoisotopic (exact) mass is 301 g/mol. The highest BCUT2D eigenvalue weighted by Gasteiger charge is 2.31. The number of benzene rings is 1. The third-order valence-corrected chi connectivity index (χ3v) is 4.02. The van der Waals surface area contributed by atoms with Crippen molar-refractivity contribution in [3.05, 3.63) is 58.6 Å². The SMILES string of the molecule is Cc1cnc(C(=O)N2CCC[C@H]2c2ccc(Cl)cc2)cn1. The van der Waals surface area contributed by atoms with Crippen LogP contribution in [0, 0.1) is 6.92 Å². The summed E-state index contributed by atoms with van der Waals surface area (Å²) in [4.78, 5) is 22.8. The van der Waals surface area contributed by atoms with Crippen LogP contribution in [-0.4, -0.2) is 27.3 Å². The van der Waals surface area contributed by atoms with E-state index in [-0.39, 0.29) is 11.9 Å². The first-order chi connectivity index (χ1) is 10.1. The van der Waals surface area contributed by atoms with Crippen LogP contribution in [0.5, 0.6) is 0 Å². The molecule has 3 rings (SSSR count). The molecule has 108 valence electrons. The lowest BCUT2D eigenvalue weighted by molar-refractivity contribution is 0.0729. The number of hydrogen-bond acceptors (Lipinski definition) is 3. The first-order valence-electron chi connectivity index (χ1n) is 7.00. The maximum atomic E-state index is 12.6. The Hall–Kier alpha value is -1.94. The molecule has 0 radical (unpaired) electrons. The molecule has 1 aromatic carbocycles. The van der Waals surface area contributed by atoms with E-state index in [1.165, 1.54) is 0 Å². The second kappa shape index (κ2) is 5.82. The normalized spacial score (nSPS) is 18.0. The number of carbonyl (C=O) groups is 1. The Morgan fingerprint density at radius 1 is 1.24 bits per heavy atom. The third-order valence-electron chi connectivity index (χ3n) is 3.77. The fourth-order valence-electron chi connectivity index (χ4n) is 2.69. The van der Waals surface area contributed by atoms with Crippen LogP contribution in [0.15, 0.2) is 36.7 Å². The van der Waals surface area contributed by atoms with Gasteiger partial charge in [0, 0.05) is 17.8 Å². The first kappa shape index (κ1) is 14.0. The van der Waals surface area contributed by atoms with E-state index >= 15 is 0 Å². The predicted molar refractivity (Wildman–Crippen MR) is 81.2 cm³/mol. The van der Waals surface area contributed by atoms with Crippen LogP contribution in [0.3, 0.4) is 0 Å². The minimum Gasteiger partial charge on any atom is -0.330 e. The second-order valence-electron chi connectivity index (χ2n) is 5.25. The molecule has 1 saturated heterocycles. The molecule has 1 fully saturated rings. The molecular weight excluding hydrogens is 286 g/mol. The minimum absolute atomic E-state index is 0.0556. The Kier molecular flexibility index (Phi) is 3.88. The van der Waals surface area contributed by atoms with Gasteiger partial charge in [0.1, 0.15) is 5.69 Å². The van der Waals surface area contributed by atoms with E-state index < -0.39 is 0 Å². The molecule has 2 heterocycles. The van der Waals surface area contributed by atoms with Crippen LogP contribution in [0.2, 0.25) is 5.02 Å². The quantitative estimate of drug-likeness (QED) is 0.854. The zero-order chi connectivity index (χ0) is 14.8. The van der Waals surface area contributed by atoms with Gasteiger partial charge in [-0.25, -0.2) is 4.98 Å². The summed E-state index contributed by atoms with van der Waals surface area (Å²) in [5.41, 5.74) is 2.33. The maximum absolute atomic E-state index is 12.6. The number of halogens is 1. The van der Waals surface area contributed by atoms with Gasteiger partial charge >= 0.3 is 0 Å². The van der Waals surface area contributed by atoms with Crippen molar-refractivity contribution in [1.29, 1.82) is 0 Å². The molecule has 21 heavy (non-hydrogen) atoms. The van der Waals surface area contributed by atoms with Crippen LogP contribution in [0.25, 0.3) is 0 Å². The number of aryl methyl sites for hydroxylation is 1. The van der Waals surface area contributed by atoms with E-state index in [0.717, 1.165) is 30.6 Å². The Bertz CT molecular complexity index is 640. The van der Waals surface area contributed by atoms with Gasteiger partial charge < -0.3 is 4.90 Å². The fraction of sp³-hybridized carbons (Fsp3) is 0.312. The van der Waals surface area contributed by atoms with Gasteiger partial charge in [0.15, 0.2) is 0 Å². The van der Waals surface area contributed by atoms with Crippen LogP contribution in [0.4, 0.5) is 0 Å². The van der Waals surface area contributed by atoms with Gasteiger partial charge in [-0.05, 0) is 37.5 Å². The predicted octanol–water partition coefficient (Wildman–Crippen LogP) is 3.42. The van der Waals surface area contributed by atoms with Crippen molar-refractivity contribution < 1.29 is 4.79 Å². The Morgan fingerprint density at radius 2 is 2.00 bits per heavy atom. The summed E-state index contributed by atoms with van der Waals surface area (Å²) in [5.74, 6) is -0.0556. The van der Waals surface area contributed by atoms with E-state index in [2.05, 4.69) is 9.97 Å². The largest absolute Gasteiger partial charge is 0.330 e. The Labute approximate surface area is 128 Å². The molecule has 0 spiro atoms. The van der Waals surface area contributed by atoms with E-state index in [9.17, 15) is 4.79 Å². The molecule has 1 atom stereocenters. The van der Waals surface area contributed by atoms with E-state index in [1.54, 1.807) is 12.4 Å². The molecule has 1 aromatic heterocycles. The smallest absolute Gasteiger partial charge is 0.274 e. The van der Waals surface area contributed by atoms with E-state index in [1.807, 2.05) is 36.1 Å². The number of aromatic nitrogens is 2. The maximum Gasteiger partial charge on any atom is 0.274 e. The fourth-order valence-corrected chi connectivity index (χ4v) is 2.82. The number of nitrogens with zero attached hydrogens (tertiary/aromatic N) is 3. The molecule has 4 nitrogen and oxygen atoms in total. The summed E-state index contributed by atoms with van der Waals surface area (Å²) in [5, 5.41) is 0.707. The highest BCUT2D eigenvalue weighted by Crippen LogP contribution is 2.33. The highest BCUT2D eigenvalue weighted by atomic mass is 35.5. The summed E-state index contributed by atoms with van der Waals surface area (Å²) in [6.45, 7) is 2.61. The number of rotatable bonds is 2. The lowest BCUT2D eigenvalue weighted by Gasteiger charge is -2.24. The lowest BCUT2D eigenvalue weighted by Crippen LogP contribution is -2.31. The average Bonchev–Trinajstić information content (AvgIpc) is 2.97. The van der Waals surface area contributed by atoms with E-state index in [0.29, 0.717) is 10.7 Å². The summed E-state index contributed by atoms with van der Waals surface area (Å²) in [7, 11) is 0. The lowest BCUT2D eigenvalue weighted by atomic mass is 10.0. The zero-order valence-electron chi connectivity index (χ0n) is 11.8. The molecule has 0 bridgehead atoms. The Balaban J connectivity index is 1.85. The number of amides is 1. The third kappa shape index (κ3) is 2.90. The second-order valence-corrected chi connectivity index (χ2v) is 5.69. The van der Waals surface area contributed by atoms with Gasteiger partial charge in [0.2, 0.25) is 0 Å². The van der Waals surface area contributed by atoms with E-state index in [4.69, 9.17) is 11.6 Å². The highest BCUT2D eigenvalue weighted by molar-refractivity contribution is 6.30. The van der Waals surface area contributed by atoms with Gasteiger partial charge in [-0.15, -0.1) is 0 Å². The van der Waals surface area contributed by atoms with Gasteiger partial charge in [-0.3, -0.25) is 9.78 Å². The van der Waals surface area contributed by atoms with Crippen LogP contribution in [-0.2, 0) is 0 Å². The molecular formula is C16H16ClN3O. The zero-order valence-corrected chi connectivity index (χ0v) is 12.5. The molecule has 0 aliphatic carbocycles. The number of likely N-dealkylation sites (tertiary alicyclic amines) is 1. The first-order valence-corrected chi connectivity index (χ1v) is 7.38. The summed E-state index contributed by atoms with van der Waals surface area (Å²) < 4.78 is 0. The average molecular weight is 302 g/mol. The molecule has 0 saturated carbocycles. The van der Waals surface area contributed by atoms with Gasteiger partial charge in [-0.2, -0.15) is 0 Å². The number of hydrogen-bond donors (Lipinski definition) is 0. The van der Waals surface area contributed by atoms with Crippen LogP contribution < -0.4 is 0 Å². The van der Waals surface area contributed by atoms with Crippen LogP contribution in [0.1, 0.15) is 40.6 Å².